The maximum atomic E-state index is 10.6. The zero-order chi connectivity index (χ0) is 11.5. The summed E-state index contributed by atoms with van der Waals surface area (Å²) < 4.78 is 9.77. The lowest BCUT2D eigenvalue weighted by molar-refractivity contribution is -0.140. The summed E-state index contributed by atoms with van der Waals surface area (Å²) in [4.78, 5) is 10.6. The Balaban J connectivity index is 3.41. The van der Waals surface area contributed by atoms with E-state index in [1.807, 2.05) is 0 Å². The summed E-state index contributed by atoms with van der Waals surface area (Å²) in [5.41, 5.74) is 0. The molecule has 0 aliphatic rings. The van der Waals surface area contributed by atoms with Crippen molar-refractivity contribution >= 4 is 5.97 Å². The van der Waals surface area contributed by atoms with Crippen LogP contribution >= 0.6 is 0 Å². The number of methoxy groups -OCH3 is 1. The van der Waals surface area contributed by atoms with Gasteiger partial charge in [0.25, 0.3) is 0 Å². The summed E-state index contributed by atoms with van der Waals surface area (Å²) in [6, 6.07) is -0.673. The number of aliphatic hydroxyl groups excluding tert-OH is 1. The molecule has 1 unspecified atom stereocenters. The summed E-state index contributed by atoms with van der Waals surface area (Å²) in [5.74, 6) is -0.923. The minimum Gasteiger partial charge on any atom is -0.480 e. The number of carboxylic acid groups (broad SMARTS) is 1. The largest absolute Gasteiger partial charge is 0.480 e. The number of carbonyl (C=O) groups is 1. The molecule has 0 radical (unpaired) electrons. The Bertz CT molecular complexity index is 165. The fourth-order valence-corrected chi connectivity index (χ4v) is 1.00. The molecule has 0 aliphatic heterocycles. The van der Waals surface area contributed by atoms with E-state index in [-0.39, 0.29) is 13.2 Å². The number of aliphatic carboxylic acids is 1. The van der Waals surface area contributed by atoms with Crippen molar-refractivity contribution in [3.8, 4) is 0 Å². The highest BCUT2D eigenvalue weighted by Crippen LogP contribution is 1.87. The second-order valence-corrected chi connectivity index (χ2v) is 2.99. The fraction of sp³-hybridized carbons (Fsp3) is 0.889. The van der Waals surface area contributed by atoms with Gasteiger partial charge in [0, 0.05) is 13.7 Å². The second-order valence-electron chi connectivity index (χ2n) is 2.99. The molecule has 0 aliphatic carbocycles. The number of hydrogen-bond donors (Lipinski definition) is 3. The second kappa shape index (κ2) is 9.85. The monoisotopic (exact) mass is 221 g/mol. The highest BCUT2D eigenvalue weighted by atomic mass is 16.5. The lowest BCUT2D eigenvalue weighted by Gasteiger charge is -2.12. The number of rotatable bonds is 10. The summed E-state index contributed by atoms with van der Waals surface area (Å²) >= 11 is 0. The molecule has 0 spiro atoms. The topological polar surface area (TPSA) is 88.0 Å². The van der Waals surface area contributed by atoms with Crippen LogP contribution in [0.5, 0.6) is 0 Å². The summed E-state index contributed by atoms with van der Waals surface area (Å²) in [7, 11) is 1.46. The smallest absolute Gasteiger partial charge is 0.323 e. The third kappa shape index (κ3) is 8.31. The lowest BCUT2D eigenvalue weighted by atomic mass is 10.3. The average molecular weight is 221 g/mol. The minimum absolute atomic E-state index is 0.00878. The zero-order valence-electron chi connectivity index (χ0n) is 8.94. The maximum Gasteiger partial charge on any atom is 0.323 e. The van der Waals surface area contributed by atoms with Gasteiger partial charge in [0.2, 0.25) is 0 Å². The molecule has 0 aromatic carbocycles. The predicted molar refractivity (Wildman–Crippen MR) is 53.8 cm³/mol. The van der Waals surface area contributed by atoms with Crippen LogP contribution in [0.15, 0.2) is 0 Å². The van der Waals surface area contributed by atoms with Crippen molar-refractivity contribution in [3.05, 3.63) is 0 Å². The Morgan fingerprint density at radius 1 is 1.47 bits per heavy atom. The van der Waals surface area contributed by atoms with Gasteiger partial charge in [0.1, 0.15) is 6.04 Å². The van der Waals surface area contributed by atoms with Crippen LogP contribution in [0.1, 0.15) is 6.42 Å². The van der Waals surface area contributed by atoms with Crippen molar-refractivity contribution in [3.63, 3.8) is 0 Å². The molecule has 3 N–H and O–H groups in total. The van der Waals surface area contributed by atoms with Gasteiger partial charge in [-0.15, -0.1) is 0 Å². The van der Waals surface area contributed by atoms with Crippen molar-refractivity contribution in [2.75, 3.05) is 40.1 Å². The number of hydrogen-bond acceptors (Lipinski definition) is 5. The van der Waals surface area contributed by atoms with Crippen LogP contribution in [0.25, 0.3) is 0 Å². The highest BCUT2D eigenvalue weighted by Gasteiger charge is 2.15. The summed E-state index contributed by atoms with van der Waals surface area (Å²) in [6.45, 7) is 1.53. The standard InChI is InChI=1S/C9H19NO5/c1-14-7-8(9(12)13)10-3-2-5-15-6-4-11/h8,10-11H,2-7H2,1H3,(H,12,13). The third-order valence-electron chi connectivity index (χ3n) is 1.72. The number of carboxylic acids is 1. The van der Waals surface area contributed by atoms with Crippen LogP contribution in [0.2, 0.25) is 0 Å². The SMILES string of the molecule is COCC(NCCCOCCO)C(=O)O. The molecule has 0 saturated carbocycles. The van der Waals surface area contributed by atoms with Crippen LogP contribution in [-0.4, -0.2) is 62.3 Å². The molecular weight excluding hydrogens is 202 g/mol. The van der Waals surface area contributed by atoms with Gasteiger partial charge in [-0.3, -0.25) is 4.79 Å². The van der Waals surface area contributed by atoms with E-state index >= 15 is 0 Å². The van der Waals surface area contributed by atoms with Gasteiger partial charge in [0.05, 0.1) is 19.8 Å². The zero-order valence-corrected chi connectivity index (χ0v) is 8.94. The molecule has 0 aromatic heterocycles. The van der Waals surface area contributed by atoms with Crippen molar-refractivity contribution in [1.29, 1.82) is 0 Å². The molecule has 0 rings (SSSR count). The summed E-state index contributed by atoms with van der Waals surface area (Å²) in [5, 5.41) is 20.0. The number of ether oxygens (including phenoxy) is 2. The molecule has 0 heterocycles. The Morgan fingerprint density at radius 3 is 2.73 bits per heavy atom. The molecule has 0 amide bonds. The normalized spacial score (nSPS) is 12.7. The van der Waals surface area contributed by atoms with Gasteiger partial charge < -0.3 is 25.0 Å². The van der Waals surface area contributed by atoms with Gasteiger partial charge in [0.15, 0.2) is 0 Å². The highest BCUT2D eigenvalue weighted by molar-refractivity contribution is 5.73. The van der Waals surface area contributed by atoms with Crippen molar-refractivity contribution in [2.45, 2.75) is 12.5 Å². The van der Waals surface area contributed by atoms with E-state index in [0.717, 1.165) is 0 Å². The Labute approximate surface area is 89.2 Å². The molecule has 0 fully saturated rings. The van der Waals surface area contributed by atoms with Gasteiger partial charge in [-0.1, -0.05) is 0 Å². The van der Waals surface area contributed by atoms with E-state index in [0.29, 0.717) is 26.2 Å². The van der Waals surface area contributed by atoms with Gasteiger partial charge >= 0.3 is 5.97 Å². The molecule has 15 heavy (non-hydrogen) atoms. The lowest BCUT2D eigenvalue weighted by Crippen LogP contribution is -2.41. The quantitative estimate of drug-likeness (QED) is 0.413. The number of nitrogens with one attached hydrogen (secondary N) is 1. The molecule has 0 saturated heterocycles. The molecule has 6 heteroatoms. The van der Waals surface area contributed by atoms with E-state index in [2.05, 4.69) is 5.32 Å². The third-order valence-corrected chi connectivity index (χ3v) is 1.72. The molecule has 0 aromatic rings. The Hall–Kier alpha value is -0.690. The summed E-state index contributed by atoms with van der Waals surface area (Å²) in [6.07, 6.45) is 0.702. The molecule has 6 nitrogen and oxygen atoms in total. The van der Waals surface area contributed by atoms with E-state index in [4.69, 9.17) is 19.7 Å². The molecule has 0 bridgehead atoms. The van der Waals surface area contributed by atoms with Gasteiger partial charge in [-0.05, 0) is 13.0 Å². The van der Waals surface area contributed by atoms with Crippen molar-refractivity contribution in [2.24, 2.45) is 0 Å². The predicted octanol–water partition coefficient (Wildman–Crippen LogP) is -0.925. The first kappa shape index (κ1) is 14.3. The van der Waals surface area contributed by atoms with Crippen molar-refractivity contribution < 1.29 is 24.5 Å². The van der Waals surface area contributed by atoms with Crippen LogP contribution in [0.4, 0.5) is 0 Å². The van der Waals surface area contributed by atoms with Crippen LogP contribution in [0, 0.1) is 0 Å². The van der Waals surface area contributed by atoms with E-state index in [9.17, 15) is 4.79 Å². The average Bonchev–Trinajstić information content (AvgIpc) is 2.21. The van der Waals surface area contributed by atoms with Gasteiger partial charge in [-0.25, -0.2) is 0 Å². The maximum absolute atomic E-state index is 10.6. The van der Waals surface area contributed by atoms with Crippen LogP contribution in [0.3, 0.4) is 0 Å². The molecule has 1 atom stereocenters. The molecule has 90 valence electrons. The van der Waals surface area contributed by atoms with Crippen molar-refractivity contribution in [1.82, 2.24) is 5.32 Å². The van der Waals surface area contributed by atoms with Crippen LogP contribution < -0.4 is 5.32 Å². The molecular formula is C9H19NO5. The first-order chi connectivity index (χ1) is 7.22. The first-order valence-electron chi connectivity index (χ1n) is 4.86. The fourth-order valence-electron chi connectivity index (χ4n) is 1.00. The van der Waals surface area contributed by atoms with Crippen LogP contribution in [-0.2, 0) is 14.3 Å². The van der Waals surface area contributed by atoms with E-state index < -0.39 is 12.0 Å². The van der Waals surface area contributed by atoms with E-state index in [1.54, 1.807) is 0 Å². The minimum atomic E-state index is -0.923. The van der Waals surface area contributed by atoms with Gasteiger partial charge in [-0.2, -0.15) is 0 Å². The Morgan fingerprint density at radius 2 is 2.20 bits per heavy atom. The first-order valence-corrected chi connectivity index (χ1v) is 4.86. The number of aliphatic hydroxyl groups is 1. The van der Waals surface area contributed by atoms with E-state index in [1.165, 1.54) is 7.11 Å². The Kier molecular flexibility index (Phi) is 9.40.